The summed E-state index contributed by atoms with van der Waals surface area (Å²) >= 11 is 1.91. The topological polar surface area (TPSA) is 141 Å². The van der Waals surface area contributed by atoms with Crippen molar-refractivity contribution in [2.45, 2.75) is 81.5 Å². The Labute approximate surface area is 403 Å². The van der Waals surface area contributed by atoms with Crippen LogP contribution in [0.3, 0.4) is 0 Å². The van der Waals surface area contributed by atoms with Crippen LogP contribution in [0.15, 0.2) is 84.6 Å². The van der Waals surface area contributed by atoms with Gasteiger partial charge in [0.2, 0.25) is 11.6 Å². The second kappa shape index (κ2) is 27.2. The Bertz CT molecular complexity index is 2000. The van der Waals surface area contributed by atoms with E-state index in [1.54, 1.807) is 7.11 Å². The number of amides is 3. The van der Waals surface area contributed by atoms with Crippen molar-refractivity contribution in [3.63, 3.8) is 0 Å². The molecular weight excluding hydrogens is 871 g/mol. The molecule has 4 aliphatic heterocycles. The van der Waals surface area contributed by atoms with E-state index in [-0.39, 0.29) is 34.9 Å². The van der Waals surface area contributed by atoms with E-state index in [9.17, 15) is 9.59 Å². The summed E-state index contributed by atoms with van der Waals surface area (Å²) in [5, 5.41) is 9.37. The van der Waals surface area contributed by atoms with E-state index in [0.717, 1.165) is 38.1 Å². The number of carbonyl (C=O) groups is 2. The summed E-state index contributed by atoms with van der Waals surface area (Å²) in [6.45, 7) is 17.9. The quantitative estimate of drug-likeness (QED) is 0.0323. The van der Waals surface area contributed by atoms with E-state index in [4.69, 9.17) is 33.2 Å². The lowest BCUT2D eigenvalue weighted by Crippen LogP contribution is -2.36. The average molecular weight is 947 g/mol. The molecule has 3 unspecified atom stereocenters. The van der Waals surface area contributed by atoms with Crippen LogP contribution in [0.25, 0.3) is 0 Å². The Hall–Kier alpha value is -4.06. The highest BCUT2D eigenvalue weighted by molar-refractivity contribution is 8.00. The second-order valence-corrected chi connectivity index (χ2v) is 19.4. The maximum absolute atomic E-state index is 12.3. The third-order valence-corrected chi connectivity index (χ3v) is 14.3. The predicted molar refractivity (Wildman–Crippen MR) is 266 cm³/mol. The van der Waals surface area contributed by atoms with Crippen molar-refractivity contribution in [1.29, 1.82) is 0 Å². The van der Waals surface area contributed by atoms with Crippen LogP contribution in [0, 0.1) is 0 Å². The van der Waals surface area contributed by atoms with Gasteiger partial charge in [-0.15, -0.1) is 0 Å². The third-order valence-electron chi connectivity index (χ3n) is 12.8. The molecule has 2 aromatic rings. The number of allylic oxidation sites excluding steroid dienone is 6. The number of ether oxygens (including phenoxy) is 7. The molecule has 3 N–H and O–H groups in total. The van der Waals surface area contributed by atoms with Crippen LogP contribution in [0.2, 0.25) is 0 Å². The van der Waals surface area contributed by atoms with Crippen LogP contribution in [0.1, 0.15) is 64.5 Å². The first kappa shape index (κ1) is 52.3. The number of rotatable bonds is 32. The van der Waals surface area contributed by atoms with Gasteiger partial charge >= 0.3 is 6.03 Å². The van der Waals surface area contributed by atoms with E-state index in [0.29, 0.717) is 104 Å². The lowest BCUT2D eigenvalue weighted by molar-refractivity contribution is -0.442. The molecule has 0 saturated carbocycles. The van der Waals surface area contributed by atoms with E-state index in [1.165, 1.54) is 33.9 Å². The maximum atomic E-state index is 12.3. The normalized spacial score (nSPS) is 20.9. The number of para-hydroxylation sites is 2. The first-order valence-corrected chi connectivity index (χ1v) is 25.3. The summed E-state index contributed by atoms with van der Waals surface area (Å²) in [4.78, 5) is 26.2. The Morgan fingerprint density at radius 1 is 0.761 bits per heavy atom. The fraction of sp³-hybridized carbons (Fsp3) is 0.596. The smallest absolute Gasteiger partial charge is 0.315 e. The monoisotopic (exact) mass is 947 g/mol. The highest BCUT2D eigenvalue weighted by Crippen LogP contribution is 2.47. The molecule has 3 atom stereocenters. The molecule has 0 aliphatic carbocycles. The van der Waals surface area contributed by atoms with Crippen molar-refractivity contribution in [3.05, 3.63) is 95.7 Å². The van der Waals surface area contributed by atoms with E-state index >= 15 is 0 Å². The van der Waals surface area contributed by atoms with E-state index < -0.39 is 0 Å². The number of carbonyl (C=O) groups excluding carboxylic acids is 2. The van der Waals surface area contributed by atoms with Crippen LogP contribution in [0.5, 0.6) is 0 Å². The number of benzene rings is 2. The van der Waals surface area contributed by atoms with E-state index in [2.05, 4.69) is 132 Å². The number of unbranched alkanes of at least 4 members (excludes halogenated alkanes) is 1. The van der Waals surface area contributed by atoms with Crippen LogP contribution in [0.4, 0.5) is 16.2 Å². The summed E-state index contributed by atoms with van der Waals surface area (Å²) in [6.07, 6.45) is 14.2. The molecule has 2 saturated heterocycles. The second-order valence-electron chi connectivity index (χ2n) is 18.2. The Kier molecular flexibility index (Phi) is 21.2. The van der Waals surface area contributed by atoms with Crippen molar-refractivity contribution < 1.29 is 47.3 Å². The number of fused-ring (bicyclic) bond motifs is 3. The van der Waals surface area contributed by atoms with Crippen molar-refractivity contribution in [1.82, 2.24) is 16.0 Å². The Morgan fingerprint density at radius 2 is 1.40 bits per heavy atom. The number of nitrogens with one attached hydrogen (secondary N) is 3. The van der Waals surface area contributed by atoms with Crippen molar-refractivity contribution in [3.8, 4) is 0 Å². The van der Waals surface area contributed by atoms with Gasteiger partial charge in [-0.05, 0) is 44.4 Å². The number of nitrogens with zero attached hydrogens (tertiary/aromatic N) is 2. The molecule has 4 heterocycles. The highest BCUT2D eigenvalue weighted by atomic mass is 32.2. The number of hydrogen-bond acceptors (Lipinski definition) is 11. The molecule has 0 bridgehead atoms. The minimum absolute atomic E-state index is 0.0490. The molecule has 0 spiro atoms. The van der Waals surface area contributed by atoms with Gasteiger partial charge in [0.15, 0.2) is 12.3 Å². The van der Waals surface area contributed by atoms with Crippen LogP contribution in [-0.2, 0) is 48.8 Å². The molecule has 0 radical (unpaired) electrons. The molecule has 3 amide bonds. The number of anilines is 1. The molecule has 67 heavy (non-hydrogen) atoms. The molecule has 6 rings (SSSR count). The fourth-order valence-electron chi connectivity index (χ4n) is 9.28. The lowest BCUT2D eigenvalue weighted by atomic mass is 9.81. The first-order chi connectivity index (χ1) is 32.6. The van der Waals surface area contributed by atoms with Crippen molar-refractivity contribution >= 4 is 40.8 Å². The number of hydrogen-bond donors (Lipinski definition) is 3. The zero-order valence-corrected chi connectivity index (χ0v) is 41.4. The van der Waals surface area contributed by atoms with Gasteiger partial charge in [-0.1, -0.05) is 74.9 Å². The molecule has 14 nitrogen and oxygen atoms in total. The van der Waals surface area contributed by atoms with Gasteiger partial charge < -0.3 is 54.0 Å². The zero-order chi connectivity index (χ0) is 47.3. The maximum Gasteiger partial charge on any atom is 0.315 e. The third kappa shape index (κ3) is 15.0. The number of methoxy groups -OCH3 is 1. The van der Waals surface area contributed by atoms with Gasteiger partial charge in [0.1, 0.15) is 6.61 Å². The van der Waals surface area contributed by atoms with E-state index in [1.807, 2.05) is 11.8 Å². The van der Waals surface area contributed by atoms with Gasteiger partial charge in [0, 0.05) is 72.1 Å². The molecular formula is C52H76N5O9S+. The van der Waals surface area contributed by atoms with Crippen LogP contribution >= 0.6 is 11.8 Å². The SMILES string of the molecule is COCCOCCOCCOCCN1C(=CC=CC=CC2=[N+](CCOCCOCCOCCNC(=O)CCCCC3SCC4NC(=O)NC43)c3ccccc3C2(C)C)C(C)(C)c2ccccc21. The largest absolute Gasteiger partial charge is 0.382 e. The summed E-state index contributed by atoms with van der Waals surface area (Å²) in [5.74, 6) is 1.01. The van der Waals surface area contributed by atoms with Gasteiger partial charge in [-0.2, -0.15) is 16.3 Å². The molecule has 2 fully saturated rings. The Morgan fingerprint density at radius 3 is 2.13 bits per heavy atom. The van der Waals surface area contributed by atoms with Crippen molar-refractivity contribution in [2.24, 2.45) is 0 Å². The lowest BCUT2D eigenvalue weighted by Gasteiger charge is -2.27. The zero-order valence-electron chi connectivity index (χ0n) is 40.6. The molecule has 2 aromatic carbocycles. The van der Waals surface area contributed by atoms with Gasteiger partial charge in [-0.25, -0.2) is 4.79 Å². The van der Waals surface area contributed by atoms with Crippen LogP contribution in [-0.4, -0.2) is 158 Å². The summed E-state index contributed by atoms with van der Waals surface area (Å²) in [6, 6.07) is 17.7. The predicted octanol–water partition coefficient (Wildman–Crippen LogP) is 6.44. The van der Waals surface area contributed by atoms with Crippen molar-refractivity contribution in [2.75, 3.05) is 123 Å². The van der Waals surface area contributed by atoms with Gasteiger partial charge in [-0.3, -0.25) is 4.79 Å². The summed E-state index contributed by atoms with van der Waals surface area (Å²) in [5.41, 5.74) is 7.18. The van der Waals surface area contributed by atoms with Crippen LogP contribution < -0.4 is 20.9 Å². The minimum Gasteiger partial charge on any atom is -0.382 e. The summed E-state index contributed by atoms with van der Waals surface area (Å²) < 4.78 is 42.0. The van der Waals surface area contributed by atoms with Gasteiger partial charge in [0.25, 0.3) is 0 Å². The Balaban J connectivity index is 0.883. The minimum atomic E-state index is -0.173. The van der Waals surface area contributed by atoms with Gasteiger partial charge in [0.05, 0.1) is 96.8 Å². The first-order valence-electron chi connectivity index (χ1n) is 24.2. The molecule has 4 aliphatic rings. The number of thioether (sulfide) groups is 1. The molecule has 15 heteroatoms. The summed E-state index contributed by atoms with van der Waals surface area (Å²) in [7, 11) is 1.66. The molecule has 368 valence electrons. The fourth-order valence-corrected chi connectivity index (χ4v) is 10.8. The molecule has 0 aromatic heterocycles. The highest BCUT2D eigenvalue weighted by Gasteiger charge is 2.44. The standard InChI is InChI=1S/C52H75N5O9S/c1-51(2)40-15-9-11-17-43(40)56(24-27-62-32-35-65-34-31-61-26-23-53-48(58)22-14-13-19-45-49-42(39-67-45)54-50(59)55-49)46(51)20-7-6-8-21-47-52(3,4)41-16-10-12-18-44(41)57(47)25-28-63-33-36-66-38-37-64-30-29-60-5/h6-12,15-18,20-21,42,45,49H,13-14,19,22-39H2,1-5H3,(H2-,53,54,55,58,59)/p+1. The number of urea groups is 1. The average Bonchev–Trinajstić information content (AvgIpc) is 4.00.